The van der Waals surface area contributed by atoms with E-state index in [-0.39, 0.29) is 12.0 Å². The standard InChI is InChI=1S/C13H18N2O2/c1-14-11-6-4-10(5-7-11)13(16)15-9-12-3-2-8-17-12/h4-7,12,14H,2-3,8-9H2,1H3,(H,15,16). The van der Waals surface area contributed by atoms with Crippen LogP contribution in [0.5, 0.6) is 0 Å². The third-order valence-corrected chi connectivity index (χ3v) is 2.95. The van der Waals surface area contributed by atoms with Crippen molar-refractivity contribution in [3.63, 3.8) is 0 Å². The summed E-state index contributed by atoms with van der Waals surface area (Å²) in [6.07, 6.45) is 2.33. The summed E-state index contributed by atoms with van der Waals surface area (Å²) in [5, 5.41) is 5.91. The van der Waals surface area contributed by atoms with Gasteiger partial charge in [-0.3, -0.25) is 4.79 Å². The van der Waals surface area contributed by atoms with E-state index in [0.717, 1.165) is 25.1 Å². The van der Waals surface area contributed by atoms with Crippen LogP contribution in [0.1, 0.15) is 23.2 Å². The molecule has 1 aliphatic rings. The fourth-order valence-corrected chi connectivity index (χ4v) is 1.90. The molecular formula is C13H18N2O2. The van der Waals surface area contributed by atoms with E-state index in [9.17, 15) is 4.79 Å². The maximum absolute atomic E-state index is 11.8. The summed E-state index contributed by atoms with van der Waals surface area (Å²) in [5.41, 5.74) is 1.68. The zero-order valence-corrected chi connectivity index (χ0v) is 10.0. The highest BCUT2D eigenvalue weighted by atomic mass is 16.5. The second-order valence-corrected chi connectivity index (χ2v) is 4.17. The first-order valence-electron chi connectivity index (χ1n) is 5.97. The Morgan fingerprint density at radius 2 is 2.18 bits per heavy atom. The Morgan fingerprint density at radius 1 is 1.41 bits per heavy atom. The van der Waals surface area contributed by atoms with Gasteiger partial charge in [0, 0.05) is 31.5 Å². The van der Waals surface area contributed by atoms with Crippen LogP contribution in [0.4, 0.5) is 5.69 Å². The molecule has 1 unspecified atom stereocenters. The number of rotatable bonds is 4. The molecule has 0 spiro atoms. The summed E-state index contributed by atoms with van der Waals surface area (Å²) in [6.45, 7) is 1.42. The van der Waals surface area contributed by atoms with Crippen molar-refractivity contribution in [1.82, 2.24) is 5.32 Å². The summed E-state index contributed by atoms with van der Waals surface area (Å²) in [4.78, 5) is 11.8. The van der Waals surface area contributed by atoms with E-state index in [0.29, 0.717) is 12.1 Å². The lowest BCUT2D eigenvalue weighted by Gasteiger charge is -2.11. The number of amides is 1. The molecule has 2 rings (SSSR count). The van der Waals surface area contributed by atoms with E-state index in [2.05, 4.69) is 10.6 Å². The molecule has 0 bridgehead atoms. The largest absolute Gasteiger partial charge is 0.388 e. The van der Waals surface area contributed by atoms with Gasteiger partial charge in [0.25, 0.3) is 5.91 Å². The van der Waals surface area contributed by atoms with Gasteiger partial charge in [-0.1, -0.05) is 0 Å². The van der Waals surface area contributed by atoms with Crippen LogP contribution in [0.25, 0.3) is 0 Å². The van der Waals surface area contributed by atoms with Crippen LogP contribution in [0.3, 0.4) is 0 Å². The van der Waals surface area contributed by atoms with Gasteiger partial charge in [-0.25, -0.2) is 0 Å². The number of hydrogen-bond acceptors (Lipinski definition) is 3. The second kappa shape index (κ2) is 5.68. The lowest BCUT2D eigenvalue weighted by molar-refractivity contribution is 0.0858. The molecule has 1 saturated heterocycles. The van der Waals surface area contributed by atoms with Crippen LogP contribution >= 0.6 is 0 Å². The van der Waals surface area contributed by atoms with Crippen LogP contribution in [-0.4, -0.2) is 32.2 Å². The number of anilines is 1. The molecule has 0 aromatic heterocycles. The third kappa shape index (κ3) is 3.20. The first kappa shape index (κ1) is 11.9. The Hall–Kier alpha value is -1.55. The predicted molar refractivity (Wildman–Crippen MR) is 67.3 cm³/mol. The molecule has 1 amide bonds. The fraction of sp³-hybridized carbons (Fsp3) is 0.462. The summed E-state index contributed by atoms with van der Waals surface area (Å²) in [6, 6.07) is 7.41. The van der Waals surface area contributed by atoms with Gasteiger partial charge in [-0.2, -0.15) is 0 Å². The van der Waals surface area contributed by atoms with E-state index in [1.165, 1.54) is 0 Å². The Morgan fingerprint density at radius 3 is 2.76 bits per heavy atom. The van der Waals surface area contributed by atoms with Crippen LogP contribution in [0.2, 0.25) is 0 Å². The maximum atomic E-state index is 11.8. The molecule has 1 aromatic rings. The Kier molecular flexibility index (Phi) is 3.98. The molecule has 1 aromatic carbocycles. The van der Waals surface area contributed by atoms with Crippen molar-refractivity contribution in [1.29, 1.82) is 0 Å². The highest BCUT2D eigenvalue weighted by Crippen LogP contribution is 2.11. The molecule has 1 atom stereocenters. The molecule has 4 heteroatoms. The van der Waals surface area contributed by atoms with Crippen LogP contribution in [0.15, 0.2) is 24.3 Å². The van der Waals surface area contributed by atoms with Crippen molar-refractivity contribution in [2.45, 2.75) is 18.9 Å². The van der Waals surface area contributed by atoms with Gasteiger partial charge < -0.3 is 15.4 Å². The number of carbonyl (C=O) groups excluding carboxylic acids is 1. The maximum Gasteiger partial charge on any atom is 0.251 e. The van der Waals surface area contributed by atoms with E-state index in [4.69, 9.17) is 4.74 Å². The van der Waals surface area contributed by atoms with Crippen LogP contribution in [-0.2, 0) is 4.74 Å². The van der Waals surface area contributed by atoms with Crippen molar-refractivity contribution in [2.75, 3.05) is 25.5 Å². The Balaban J connectivity index is 1.85. The minimum absolute atomic E-state index is 0.0387. The highest BCUT2D eigenvalue weighted by molar-refractivity contribution is 5.94. The molecule has 2 N–H and O–H groups in total. The monoisotopic (exact) mass is 234 g/mol. The lowest BCUT2D eigenvalue weighted by Crippen LogP contribution is -2.31. The topological polar surface area (TPSA) is 50.4 Å². The number of hydrogen-bond donors (Lipinski definition) is 2. The minimum Gasteiger partial charge on any atom is -0.388 e. The van der Waals surface area contributed by atoms with Crippen LogP contribution < -0.4 is 10.6 Å². The van der Waals surface area contributed by atoms with Crippen molar-refractivity contribution >= 4 is 11.6 Å². The van der Waals surface area contributed by atoms with Gasteiger partial charge in [0.2, 0.25) is 0 Å². The molecular weight excluding hydrogens is 216 g/mol. The van der Waals surface area contributed by atoms with Gasteiger partial charge in [0.05, 0.1) is 6.10 Å². The molecule has 1 fully saturated rings. The molecule has 0 aliphatic carbocycles. The van der Waals surface area contributed by atoms with Crippen molar-refractivity contribution in [3.8, 4) is 0 Å². The van der Waals surface area contributed by atoms with Crippen molar-refractivity contribution < 1.29 is 9.53 Å². The van der Waals surface area contributed by atoms with Gasteiger partial charge in [0.1, 0.15) is 0 Å². The fourth-order valence-electron chi connectivity index (χ4n) is 1.90. The van der Waals surface area contributed by atoms with Crippen molar-refractivity contribution in [3.05, 3.63) is 29.8 Å². The molecule has 0 radical (unpaired) electrons. The van der Waals surface area contributed by atoms with Gasteiger partial charge in [0.15, 0.2) is 0 Å². The summed E-state index contributed by atoms with van der Waals surface area (Å²) < 4.78 is 5.45. The number of ether oxygens (including phenoxy) is 1. The van der Waals surface area contributed by atoms with E-state index < -0.39 is 0 Å². The molecule has 92 valence electrons. The predicted octanol–water partition coefficient (Wildman–Crippen LogP) is 1.64. The van der Waals surface area contributed by atoms with Crippen molar-refractivity contribution in [2.24, 2.45) is 0 Å². The second-order valence-electron chi connectivity index (χ2n) is 4.17. The number of nitrogens with one attached hydrogen (secondary N) is 2. The SMILES string of the molecule is CNc1ccc(C(=O)NCC2CCCO2)cc1. The Labute approximate surface area is 101 Å². The normalized spacial score (nSPS) is 19.0. The average molecular weight is 234 g/mol. The highest BCUT2D eigenvalue weighted by Gasteiger charge is 2.16. The zero-order chi connectivity index (χ0) is 12.1. The molecule has 1 aliphatic heterocycles. The lowest BCUT2D eigenvalue weighted by atomic mass is 10.2. The first-order valence-corrected chi connectivity index (χ1v) is 5.97. The van der Waals surface area contributed by atoms with Gasteiger partial charge in [-0.05, 0) is 37.1 Å². The van der Waals surface area contributed by atoms with E-state index in [1.807, 2.05) is 31.3 Å². The average Bonchev–Trinajstić information content (AvgIpc) is 2.89. The van der Waals surface area contributed by atoms with Gasteiger partial charge >= 0.3 is 0 Å². The zero-order valence-electron chi connectivity index (χ0n) is 10.0. The summed E-state index contributed by atoms with van der Waals surface area (Å²) in [7, 11) is 1.85. The summed E-state index contributed by atoms with van der Waals surface area (Å²) in [5.74, 6) is -0.0387. The molecule has 17 heavy (non-hydrogen) atoms. The smallest absolute Gasteiger partial charge is 0.251 e. The quantitative estimate of drug-likeness (QED) is 0.832. The third-order valence-electron chi connectivity index (χ3n) is 2.95. The number of benzene rings is 1. The minimum atomic E-state index is -0.0387. The molecule has 1 heterocycles. The van der Waals surface area contributed by atoms with E-state index >= 15 is 0 Å². The summed E-state index contributed by atoms with van der Waals surface area (Å²) >= 11 is 0. The number of carbonyl (C=O) groups is 1. The van der Waals surface area contributed by atoms with E-state index in [1.54, 1.807) is 0 Å². The first-order chi connectivity index (χ1) is 8.29. The van der Waals surface area contributed by atoms with Crippen LogP contribution in [0, 0.1) is 0 Å². The van der Waals surface area contributed by atoms with Gasteiger partial charge in [-0.15, -0.1) is 0 Å². The molecule has 4 nitrogen and oxygen atoms in total. The Bertz CT molecular complexity index is 370. The molecule has 0 saturated carbocycles.